The van der Waals surface area contributed by atoms with Gasteiger partial charge in [-0.05, 0) is 19.1 Å². The van der Waals surface area contributed by atoms with E-state index in [9.17, 15) is 9.59 Å². The summed E-state index contributed by atoms with van der Waals surface area (Å²) in [5.41, 5.74) is 0.338. The summed E-state index contributed by atoms with van der Waals surface area (Å²) in [6.45, 7) is 2.05. The van der Waals surface area contributed by atoms with Gasteiger partial charge in [0.15, 0.2) is 5.43 Å². The third-order valence-corrected chi connectivity index (χ3v) is 2.31. The molecule has 88 valence electrons. The summed E-state index contributed by atoms with van der Waals surface area (Å²) in [5.74, 6) is -0.0712. The minimum Gasteiger partial charge on any atom is -0.466 e. The first-order valence-electron chi connectivity index (χ1n) is 5.38. The summed E-state index contributed by atoms with van der Waals surface area (Å²) in [7, 11) is 0. The first kappa shape index (κ1) is 11.4. The van der Waals surface area contributed by atoms with Crippen molar-refractivity contribution >= 4 is 16.9 Å². The van der Waals surface area contributed by atoms with Gasteiger partial charge in [0.1, 0.15) is 17.8 Å². The van der Waals surface area contributed by atoms with Gasteiger partial charge in [-0.3, -0.25) is 9.59 Å². The summed E-state index contributed by atoms with van der Waals surface area (Å²) < 4.78 is 10.3. The molecule has 1 heterocycles. The van der Waals surface area contributed by atoms with Crippen molar-refractivity contribution in [3.8, 4) is 0 Å². The fourth-order valence-electron chi connectivity index (χ4n) is 1.60. The van der Waals surface area contributed by atoms with Gasteiger partial charge in [0, 0.05) is 6.07 Å². The van der Waals surface area contributed by atoms with Gasteiger partial charge in [-0.2, -0.15) is 0 Å². The molecule has 0 aliphatic rings. The Morgan fingerprint density at radius 2 is 2.12 bits per heavy atom. The Bertz CT molecular complexity index is 598. The van der Waals surface area contributed by atoms with Crippen LogP contribution in [0.2, 0.25) is 0 Å². The summed E-state index contributed by atoms with van der Waals surface area (Å²) in [6, 6.07) is 8.27. The Labute approximate surface area is 97.8 Å². The van der Waals surface area contributed by atoms with Crippen molar-refractivity contribution in [2.24, 2.45) is 0 Å². The van der Waals surface area contributed by atoms with E-state index < -0.39 is 5.97 Å². The second-order valence-electron chi connectivity index (χ2n) is 3.55. The fourth-order valence-corrected chi connectivity index (χ4v) is 1.60. The van der Waals surface area contributed by atoms with Gasteiger partial charge in [0.25, 0.3) is 0 Å². The molecule has 4 nitrogen and oxygen atoms in total. The van der Waals surface area contributed by atoms with Gasteiger partial charge in [-0.1, -0.05) is 12.1 Å². The van der Waals surface area contributed by atoms with Crippen LogP contribution in [0.1, 0.15) is 12.7 Å². The number of benzene rings is 1. The molecule has 4 heteroatoms. The number of para-hydroxylation sites is 1. The standard InChI is InChI=1S/C13H12O4/c1-2-16-13(15)8-9-7-11(14)10-5-3-4-6-12(10)17-9/h3-7H,2,8H2,1H3. The van der Waals surface area contributed by atoms with Gasteiger partial charge in [-0.25, -0.2) is 0 Å². The average molecular weight is 232 g/mol. The summed E-state index contributed by atoms with van der Waals surface area (Å²) in [4.78, 5) is 23.0. The number of carbonyl (C=O) groups excluding carboxylic acids is 1. The fraction of sp³-hybridized carbons (Fsp3) is 0.231. The zero-order valence-corrected chi connectivity index (χ0v) is 9.43. The lowest BCUT2D eigenvalue weighted by Crippen LogP contribution is -2.10. The second-order valence-corrected chi connectivity index (χ2v) is 3.55. The third-order valence-electron chi connectivity index (χ3n) is 2.31. The molecule has 2 rings (SSSR count). The van der Waals surface area contributed by atoms with Gasteiger partial charge < -0.3 is 9.15 Å². The topological polar surface area (TPSA) is 56.5 Å². The number of hydrogen-bond donors (Lipinski definition) is 0. The van der Waals surface area contributed by atoms with E-state index in [1.807, 2.05) is 0 Å². The Hall–Kier alpha value is -2.10. The van der Waals surface area contributed by atoms with Gasteiger partial charge in [0.05, 0.1) is 12.0 Å². The Kier molecular flexibility index (Phi) is 3.23. The van der Waals surface area contributed by atoms with Crippen LogP contribution in [0.3, 0.4) is 0 Å². The maximum absolute atomic E-state index is 11.7. The van der Waals surface area contributed by atoms with Crippen molar-refractivity contribution in [3.63, 3.8) is 0 Å². The quantitative estimate of drug-likeness (QED) is 0.758. The second kappa shape index (κ2) is 4.82. The van der Waals surface area contributed by atoms with Crippen LogP contribution in [0.4, 0.5) is 0 Å². The van der Waals surface area contributed by atoms with Crippen LogP contribution in [-0.2, 0) is 16.0 Å². The average Bonchev–Trinajstić information content (AvgIpc) is 2.29. The molecule has 0 bridgehead atoms. The van der Waals surface area contributed by atoms with E-state index in [2.05, 4.69) is 0 Å². The highest BCUT2D eigenvalue weighted by molar-refractivity contribution is 5.77. The van der Waals surface area contributed by atoms with Crippen LogP contribution in [0.25, 0.3) is 11.0 Å². The Balaban J connectivity index is 2.37. The Morgan fingerprint density at radius 1 is 1.35 bits per heavy atom. The van der Waals surface area contributed by atoms with E-state index in [4.69, 9.17) is 9.15 Å². The molecule has 0 unspecified atom stereocenters. The highest BCUT2D eigenvalue weighted by Crippen LogP contribution is 2.12. The third kappa shape index (κ3) is 2.53. The first-order valence-corrected chi connectivity index (χ1v) is 5.38. The number of hydrogen-bond acceptors (Lipinski definition) is 4. The maximum Gasteiger partial charge on any atom is 0.313 e. The molecule has 0 fully saturated rings. The van der Waals surface area contributed by atoms with E-state index in [1.165, 1.54) is 6.07 Å². The van der Waals surface area contributed by atoms with Crippen LogP contribution in [-0.4, -0.2) is 12.6 Å². The lowest BCUT2D eigenvalue weighted by Gasteiger charge is -2.02. The van der Waals surface area contributed by atoms with E-state index >= 15 is 0 Å². The van der Waals surface area contributed by atoms with Crippen molar-refractivity contribution in [1.82, 2.24) is 0 Å². The first-order chi connectivity index (χ1) is 8.20. The molecule has 0 spiro atoms. The van der Waals surface area contributed by atoms with Crippen LogP contribution < -0.4 is 5.43 Å². The van der Waals surface area contributed by atoms with E-state index in [-0.39, 0.29) is 11.8 Å². The minimum absolute atomic E-state index is 0.0199. The number of fused-ring (bicyclic) bond motifs is 1. The molecule has 0 N–H and O–H groups in total. The Morgan fingerprint density at radius 3 is 2.88 bits per heavy atom. The summed E-state index contributed by atoms with van der Waals surface area (Å²) >= 11 is 0. The molecule has 0 saturated heterocycles. The molecular weight excluding hydrogens is 220 g/mol. The molecule has 0 saturated carbocycles. The smallest absolute Gasteiger partial charge is 0.313 e. The lowest BCUT2D eigenvalue weighted by atomic mass is 10.2. The highest BCUT2D eigenvalue weighted by Gasteiger charge is 2.09. The van der Waals surface area contributed by atoms with E-state index in [1.54, 1.807) is 31.2 Å². The largest absolute Gasteiger partial charge is 0.466 e. The number of rotatable bonds is 3. The van der Waals surface area contributed by atoms with Gasteiger partial charge in [-0.15, -0.1) is 0 Å². The van der Waals surface area contributed by atoms with E-state index in [0.29, 0.717) is 23.3 Å². The molecule has 0 aliphatic heterocycles. The molecule has 2 aromatic rings. The molecule has 0 amide bonds. The molecule has 17 heavy (non-hydrogen) atoms. The predicted octanol–water partition coefficient (Wildman–Crippen LogP) is 1.90. The zero-order chi connectivity index (χ0) is 12.3. The molecule has 0 atom stereocenters. The normalized spacial score (nSPS) is 10.4. The maximum atomic E-state index is 11.7. The van der Waals surface area contributed by atoms with Crippen molar-refractivity contribution < 1.29 is 13.9 Å². The predicted molar refractivity (Wildman–Crippen MR) is 62.8 cm³/mol. The van der Waals surface area contributed by atoms with Crippen LogP contribution in [0.5, 0.6) is 0 Å². The van der Waals surface area contributed by atoms with Gasteiger partial charge >= 0.3 is 5.97 Å². The zero-order valence-electron chi connectivity index (χ0n) is 9.43. The van der Waals surface area contributed by atoms with Crippen molar-refractivity contribution in [1.29, 1.82) is 0 Å². The number of carbonyl (C=O) groups is 1. The molecule has 0 radical (unpaired) electrons. The summed E-state index contributed by atoms with van der Waals surface area (Å²) in [5, 5.41) is 0.514. The number of ether oxygens (including phenoxy) is 1. The van der Waals surface area contributed by atoms with Crippen molar-refractivity contribution in [2.45, 2.75) is 13.3 Å². The molecule has 1 aromatic heterocycles. The molecular formula is C13H12O4. The number of esters is 1. The monoisotopic (exact) mass is 232 g/mol. The molecule has 1 aromatic carbocycles. The van der Waals surface area contributed by atoms with Crippen molar-refractivity contribution in [2.75, 3.05) is 6.61 Å². The van der Waals surface area contributed by atoms with Crippen molar-refractivity contribution in [3.05, 3.63) is 46.3 Å². The minimum atomic E-state index is -0.397. The lowest BCUT2D eigenvalue weighted by molar-refractivity contribution is -0.142. The highest BCUT2D eigenvalue weighted by atomic mass is 16.5. The van der Waals surface area contributed by atoms with E-state index in [0.717, 1.165) is 0 Å². The van der Waals surface area contributed by atoms with Crippen LogP contribution >= 0.6 is 0 Å². The van der Waals surface area contributed by atoms with Gasteiger partial charge in [0.2, 0.25) is 0 Å². The summed E-state index contributed by atoms with van der Waals surface area (Å²) in [6.07, 6.45) is -0.0199. The molecule has 0 aliphatic carbocycles. The SMILES string of the molecule is CCOC(=O)Cc1cc(=O)c2ccccc2o1. The van der Waals surface area contributed by atoms with Crippen LogP contribution in [0.15, 0.2) is 39.5 Å². The van der Waals surface area contributed by atoms with Crippen LogP contribution in [0, 0.1) is 0 Å².